The Kier molecular flexibility index (Phi) is 5.36. The van der Waals surface area contributed by atoms with Crippen molar-refractivity contribution in [2.24, 2.45) is 0 Å². The fourth-order valence-electron chi connectivity index (χ4n) is 4.66. The number of benzene rings is 1. The lowest BCUT2D eigenvalue weighted by Gasteiger charge is -2.32. The van der Waals surface area contributed by atoms with Crippen LogP contribution in [0.4, 0.5) is 0 Å². The molecule has 0 aliphatic carbocycles. The Morgan fingerprint density at radius 2 is 1.79 bits per heavy atom. The van der Waals surface area contributed by atoms with Crippen LogP contribution in [0.1, 0.15) is 64.6 Å². The van der Waals surface area contributed by atoms with E-state index in [-0.39, 0.29) is 23.3 Å². The van der Waals surface area contributed by atoms with E-state index < -0.39 is 0 Å². The van der Waals surface area contributed by atoms with Crippen LogP contribution in [0.3, 0.4) is 0 Å². The molecule has 156 valence electrons. The number of rotatable bonds is 3. The maximum Gasteiger partial charge on any atom is 0.242 e. The predicted octanol–water partition coefficient (Wildman–Crippen LogP) is 3.55. The van der Waals surface area contributed by atoms with Crippen LogP contribution in [0, 0.1) is 0 Å². The van der Waals surface area contributed by atoms with Gasteiger partial charge in [-0.1, -0.05) is 25.0 Å². The molecule has 0 unspecified atom stereocenters. The molecule has 6 heteroatoms. The SMILES string of the molecule is CC(C)(C)N1C[C@@H](c2nc3ccccc3n2CC(=O)N2CCCCCC2)CC1=O. The van der Waals surface area contributed by atoms with Gasteiger partial charge in [0, 0.05) is 37.5 Å². The number of fused-ring (bicyclic) bond motifs is 1. The molecule has 1 aromatic heterocycles. The smallest absolute Gasteiger partial charge is 0.242 e. The minimum Gasteiger partial charge on any atom is -0.341 e. The molecule has 0 spiro atoms. The van der Waals surface area contributed by atoms with Gasteiger partial charge < -0.3 is 14.4 Å². The van der Waals surface area contributed by atoms with Gasteiger partial charge in [0.25, 0.3) is 0 Å². The molecule has 0 bridgehead atoms. The summed E-state index contributed by atoms with van der Waals surface area (Å²) in [6, 6.07) is 7.98. The van der Waals surface area contributed by atoms with E-state index in [0.717, 1.165) is 42.8 Å². The highest BCUT2D eigenvalue weighted by molar-refractivity contribution is 5.83. The van der Waals surface area contributed by atoms with Crippen LogP contribution in [-0.4, -0.2) is 56.3 Å². The van der Waals surface area contributed by atoms with Gasteiger partial charge in [0.05, 0.1) is 11.0 Å². The molecular formula is C23H32N4O2. The number of nitrogens with zero attached hydrogens (tertiary/aromatic N) is 4. The third-order valence-corrected chi connectivity index (χ3v) is 6.24. The summed E-state index contributed by atoms with van der Waals surface area (Å²) in [7, 11) is 0. The zero-order valence-electron chi connectivity index (χ0n) is 17.9. The van der Waals surface area contributed by atoms with E-state index in [1.807, 2.05) is 34.1 Å². The van der Waals surface area contributed by atoms with Crippen LogP contribution in [0.2, 0.25) is 0 Å². The summed E-state index contributed by atoms with van der Waals surface area (Å²) in [5.41, 5.74) is 1.67. The molecule has 2 fully saturated rings. The maximum absolute atomic E-state index is 13.1. The number of amides is 2. The molecule has 6 nitrogen and oxygen atoms in total. The quantitative estimate of drug-likeness (QED) is 0.797. The van der Waals surface area contributed by atoms with Crippen LogP contribution in [-0.2, 0) is 16.1 Å². The first kappa shape index (κ1) is 19.9. The highest BCUT2D eigenvalue weighted by atomic mass is 16.2. The molecule has 0 N–H and O–H groups in total. The van der Waals surface area contributed by atoms with Gasteiger partial charge in [0.15, 0.2) is 0 Å². The third-order valence-electron chi connectivity index (χ3n) is 6.24. The van der Waals surface area contributed by atoms with Crippen molar-refractivity contribution in [3.63, 3.8) is 0 Å². The number of hydrogen-bond donors (Lipinski definition) is 0. The molecule has 2 aromatic rings. The minimum atomic E-state index is -0.204. The van der Waals surface area contributed by atoms with E-state index in [1.165, 1.54) is 12.8 Å². The van der Waals surface area contributed by atoms with Gasteiger partial charge in [-0.3, -0.25) is 9.59 Å². The first-order valence-corrected chi connectivity index (χ1v) is 10.9. The van der Waals surface area contributed by atoms with Crippen LogP contribution in [0.5, 0.6) is 0 Å². The summed E-state index contributed by atoms with van der Waals surface area (Å²) in [5.74, 6) is 1.22. The number of imidazole rings is 1. The first-order valence-electron chi connectivity index (χ1n) is 10.9. The Bertz CT molecular complexity index is 903. The van der Waals surface area contributed by atoms with Gasteiger partial charge in [-0.05, 0) is 45.7 Å². The lowest BCUT2D eigenvalue weighted by Crippen LogP contribution is -2.42. The Labute approximate surface area is 172 Å². The fourth-order valence-corrected chi connectivity index (χ4v) is 4.66. The molecule has 29 heavy (non-hydrogen) atoms. The molecule has 2 saturated heterocycles. The summed E-state index contributed by atoms with van der Waals surface area (Å²) in [5, 5.41) is 0. The minimum absolute atomic E-state index is 0.0195. The van der Waals surface area contributed by atoms with Gasteiger partial charge in [-0.25, -0.2) is 4.98 Å². The van der Waals surface area contributed by atoms with Crippen molar-refractivity contribution in [3.05, 3.63) is 30.1 Å². The van der Waals surface area contributed by atoms with E-state index in [9.17, 15) is 9.59 Å². The van der Waals surface area contributed by atoms with E-state index >= 15 is 0 Å². The van der Waals surface area contributed by atoms with Crippen molar-refractivity contribution >= 4 is 22.8 Å². The number of carbonyl (C=O) groups is 2. The molecule has 3 heterocycles. The number of para-hydroxylation sites is 2. The molecule has 2 aliphatic rings. The fraction of sp³-hybridized carbons (Fsp3) is 0.609. The highest BCUT2D eigenvalue weighted by Crippen LogP contribution is 2.34. The van der Waals surface area contributed by atoms with Crippen LogP contribution >= 0.6 is 0 Å². The summed E-state index contributed by atoms with van der Waals surface area (Å²) >= 11 is 0. The molecular weight excluding hydrogens is 364 g/mol. The zero-order valence-corrected chi connectivity index (χ0v) is 17.9. The molecule has 1 aromatic carbocycles. The maximum atomic E-state index is 13.1. The molecule has 0 saturated carbocycles. The predicted molar refractivity (Wildman–Crippen MR) is 114 cm³/mol. The summed E-state index contributed by atoms with van der Waals surface area (Å²) in [6.07, 6.45) is 5.03. The standard InChI is InChI=1S/C23H32N4O2/c1-23(2,3)27-15-17(14-20(27)28)22-24-18-10-6-7-11-19(18)26(22)16-21(29)25-12-8-4-5-9-13-25/h6-7,10-11,17H,4-5,8-9,12-16H2,1-3H3/t17-/m0/s1. The second-order valence-corrected chi connectivity index (χ2v) is 9.42. The molecule has 2 amide bonds. The Balaban J connectivity index is 1.65. The van der Waals surface area contributed by atoms with Crippen LogP contribution < -0.4 is 0 Å². The normalized spacial score (nSPS) is 21.1. The molecule has 1 atom stereocenters. The highest BCUT2D eigenvalue weighted by Gasteiger charge is 2.39. The van der Waals surface area contributed by atoms with Gasteiger partial charge in [-0.15, -0.1) is 0 Å². The Morgan fingerprint density at radius 1 is 1.10 bits per heavy atom. The van der Waals surface area contributed by atoms with Crippen molar-refractivity contribution in [3.8, 4) is 0 Å². The molecule has 2 aliphatic heterocycles. The first-order chi connectivity index (χ1) is 13.8. The van der Waals surface area contributed by atoms with E-state index in [1.54, 1.807) is 0 Å². The average Bonchev–Trinajstić information content (AvgIpc) is 3.11. The lowest BCUT2D eigenvalue weighted by molar-refractivity contribution is -0.132. The molecule has 0 radical (unpaired) electrons. The van der Waals surface area contributed by atoms with E-state index in [4.69, 9.17) is 4.98 Å². The summed E-state index contributed by atoms with van der Waals surface area (Å²) < 4.78 is 2.06. The zero-order chi connectivity index (χ0) is 20.6. The summed E-state index contributed by atoms with van der Waals surface area (Å²) in [6.45, 7) is 8.86. The van der Waals surface area contributed by atoms with Crippen LogP contribution in [0.25, 0.3) is 11.0 Å². The lowest BCUT2D eigenvalue weighted by atomic mass is 10.1. The van der Waals surface area contributed by atoms with Crippen molar-refractivity contribution in [2.45, 2.75) is 70.9 Å². The van der Waals surface area contributed by atoms with Gasteiger partial charge in [0.2, 0.25) is 11.8 Å². The Morgan fingerprint density at radius 3 is 2.45 bits per heavy atom. The third kappa shape index (κ3) is 4.02. The van der Waals surface area contributed by atoms with Gasteiger partial charge in [-0.2, -0.15) is 0 Å². The van der Waals surface area contributed by atoms with Crippen molar-refractivity contribution in [1.82, 2.24) is 19.4 Å². The number of carbonyl (C=O) groups excluding carboxylic acids is 2. The van der Waals surface area contributed by atoms with Gasteiger partial charge >= 0.3 is 0 Å². The summed E-state index contributed by atoms with van der Waals surface area (Å²) in [4.78, 5) is 34.6. The monoisotopic (exact) mass is 396 g/mol. The van der Waals surface area contributed by atoms with E-state index in [0.29, 0.717) is 19.5 Å². The average molecular weight is 397 g/mol. The van der Waals surface area contributed by atoms with Crippen molar-refractivity contribution in [1.29, 1.82) is 0 Å². The number of hydrogen-bond acceptors (Lipinski definition) is 3. The number of aromatic nitrogens is 2. The second-order valence-electron chi connectivity index (χ2n) is 9.42. The largest absolute Gasteiger partial charge is 0.341 e. The number of likely N-dealkylation sites (tertiary alicyclic amines) is 2. The van der Waals surface area contributed by atoms with Crippen molar-refractivity contribution in [2.75, 3.05) is 19.6 Å². The van der Waals surface area contributed by atoms with E-state index in [2.05, 4.69) is 25.3 Å². The topological polar surface area (TPSA) is 58.4 Å². The van der Waals surface area contributed by atoms with Crippen LogP contribution in [0.15, 0.2) is 24.3 Å². The Hall–Kier alpha value is -2.37. The second kappa shape index (κ2) is 7.81. The van der Waals surface area contributed by atoms with Gasteiger partial charge in [0.1, 0.15) is 12.4 Å². The van der Waals surface area contributed by atoms with Crippen molar-refractivity contribution < 1.29 is 9.59 Å². The molecule has 4 rings (SSSR count).